The summed E-state index contributed by atoms with van der Waals surface area (Å²) in [6.07, 6.45) is 0. The highest BCUT2D eigenvalue weighted by Gasteiger charge is 2.12. The Morgan fingerprint density at radius 1 is 1.36 bits per heavy atom. The first kappa shape index (κ1) is 10.6. The molecule has 72 valence electrons. The van der Waals surface area contributed by atoms with Crippen LogP contribution in [0.15, 0.2) is 12.1 Å². The molecular weight excluding hydrogens is 179 g/mol. The summed E-state index contributed by atoms with van der Waals surface area (Å²) in [5.74, 6) is 0.204. The number of methoxy groups -OCH3 is 2. The molecule has 1 rings (SSSR count). The van der Waals surface area contributed by atoms with Crippen molar-refractivity contribution >= 4 is 19.3 Å². The van der Waals surface area contributed by atoms with Crippen molar-refractivity contribution in [1.82, 2.24) is 0 Å². The first-order chi connectivity index (χ1) is 6.60. The van der Waals surface area contributed by atoms with Crippen LogP contribution in [0.1, 0.15) is 15.9 Å². The van der Waals surface area contributed by atoms with E-state index >= 15 is 0 Å². The van der Waals surface area contributed by atoms with E-state index in [9.17, 15) is 4.79 Å². The normalized spacial score (nSPS) is 9.64. The van der Waals surface area contributed by atoms with Gasteiger partial charge in [-0.15, -0.1) is 0 Å². The molecule has 0 unspecified atom stereocenters. The van der Waals surface area contributed by atoms with Gasteiger partial charge in [-0.05, 0) is 24.6 Å². The van der Waals surface area contributed by atoms with E-state index in [4.69, 9.17) is 12.6 Å². The quantitative estimate of drug-likeness (QED) is 0.505. The summed E-state index contributed by atoms with van der Waals surface area (Å²) in [5, 5.41) is 0. The molecule has 0 atom stereocenters. The van der Waals surface area contributed by atoms with Crippen LogP contribution in [0.5, 0.6) is 5.75 Å². The lowest BCUT2D eigenvalue weighted by Crippen LogP contribution is -2.19. The molecule has 0 aliphatic rings. The van der Waals surface area contributed by atoms with Crippen LogP contribution in [0.4, 0.5) is 0 Å². The van der Waals surface area contributed by atoms with Crippen molar-refractivity contribution < 1.29 is 14.3 Å². The van der Waals surface area contributed by atoms with Crippen molar-refractivity contribution in [2.24, 2.45) is 0 Å². The zero-order valence-corrected chi connectivity index (χ0v) is 8.46. The zero-order valence-electron chi connectivity index (χ0n) is 8.46. The molecular formula is C10H11BO3. The Kier molecular flexibility index (Phi) is 3.17. The van der Waals surface area contributed by atoms with Crippen LogP contribution in [0, 0.1) is 6.92 Å². The maximum absolute atomic E-state index is 11.3. The van der Waals surface area contributed by atoms with Crippen LogP contribution >= 0.6 is 0 Å². The fraction of sp³-hybridized carbons (Fsp3) is 0.300. The number of carbonyl (C=O) groups excluding carboxylic acids is 1. The van der Waals surface area contributed by atoms with Crippen LogP contribution in [0.2, 0.25) is 0 Å². The number of rotatable bonds is 2. The lowest BCUT2D eigenvalue weighted by molar-refractivity contribution is 0.0601. The molecule has 0 aliphatic heterocycles. The van der Waals surface area contributed by atoms with Crippen molar-refractivity contribution in [2.45, 2.75) is 6.92 Å². The van der Waals surface area contributed by atoms with Crippen LogP contribution in [0.25, 0.3) is 0 Å². The van der Waals surface area contributed by atoms with E-state index in [1.165, 1.54) is 7.11 Å². The minimum absolute atomic E-state index is 0.369. The summed E-state index contributed by atoms with van der Waals surface area (Å²) in [7, 11) is 8.57. The standard InChI is InChI=1S/C10H11BO3/c1-6-4-7(13-2)5-8(11)9(6)10(12)14-3/h4-5H,1-3H3. The summed E-state index contributed by atoms with van der Waals surface area (Å²) in [6, 6.07) is 3.34. The SMILES string of the molecule is [B]c1cc(OC)cc(C)c1C(=O)OC. The summed E-state index contributed by atoms with van der Waals surface area (Å²) in [5.41, 5.74) is 1.51. The molecule has 0 saturated heterocycles. The third-order valence-electron chi connectivity index (χ3n) is 1.96. The minimum Gasteiger partial charge on any atom is -0.497 e. The van der Waals surface area contributed by atoms with Gasteiger partial charge in [0.1, 0.15) is 13.6 Å². The van der Waals surface area contributed by atoms with Crippen molar-refractivity contribution in [1.29, 1.82) is 0 Å². The highest BCUT2D eigenvalue weighted by molar-refractivity contribution is 6.36. The summed E-state index contributed by atoms with van der Waals surface area (Å²) >= 11 is 0. The number of hydrogen-bond donors (Lipinski definition) is 0. The van der Waals surface area contributed by atoms with Gasteiger partial charge in [0.25, 0.3) is 0 Å². The number of hydrogen-bond acceptors (Lipinski definition) is 3. The van der Waals surface area contributed by atoms with Crippen molar-refractivity contribution in [3.8, 4) is 5.75 Å². The Hall–Kier alpha value is -1.45. The Bertz CT molecular complexity index is 337. The summed E-state index contributed by atoms with van der Waals surface area (Å²) < 4.78 is 9.62. The van der Waals surface area contributed by atoms with Gasteiger partial charge < -0.3 is 9.47 Å². The van der Waals surface area contributed by atoms with E-state index in [-0.39, 0.29) is 0 Å². The van der Waals surface area contributed by atoms with Gasteiger partial charge in [-0.3, -0.25) is 0 Å². The fourth-order valence-corrected chi connectivity index (χ4v) is 1.28. The molecule has 1 aromatic carbocycles. The van der Waals surface area contributed by atoms with Crippen molar-refractivity contribution in [3.05, 3.63) is 23.3 Å². The molecule has 1 aromatic rings. The van der Waals surface area contributed by atoms with E-state index in [2.05, 4.69) is 4.74 Å². The monoisotopic (exact) mass is 190 g/mol. The predicted molar refractivity (Wildman–Crippen MR) is 54.5 cm³/mol. The number of benzene rings is 1. The minimum atomic E-state index is -0.428. The molecule has 14 heavy (non-hydrogen) atoms. The van der Waals surface area contributed by atoms with Gasteiger partial charge in [-0.2, -0.15) is 0 Å². The van der Waals surface area contributed by atoms with Gasteiger partial charge in [-0.25, -0.2) is 4.79 Å². The number of carbonyl (C=O) groups is 1. The lowest BCUT2D eigenvalue weighted by Gasteiger charge is -2.10. The molecule has 0 N–H and O–H groups in total. The molecule has 4 heteroatoms. The Labute approximate surface area is 84.4 Å². The topological polar surface area (TPSA) is 35.5 Å². The van der Waals surface area contributed by atoms with E-state index in [1.54, 1.807) is 26.2 Å². The molecule has 0 aliphatic carbocycles. The second-order valence-corrected chi connectivity index (χ2v) is 2.90. The molecule has 0 fully saturated rings. The second kappa shape index (κ2) is 4.18. The van der Waals surface area contributed by atoms with Crippen LogP contribution < -0.4 is 10.2 Å². The number of aryl methyl sites for hydroxylation is 1. The third kappa shape index (κ3) is 1.89. The van der Waals surface area contributed by atoms with Gasteiger partial charge in [0.15, 0.2) is 0 Å². The van der Waals surface area contributed by atoms with E-state index < -0.39 is 5.97 Å². The van der Waals surface area contributed by atoms with Crippen molar-refractivity contribution in [3.63, 3.8) is 0 Å². The Balaban J connectivity index is 3.25. The second-order valence-electron chi connectivity index (χ2n) is 2.90. The molecule has 0 heterocycles. The van der Waals surface area contributed by atoms with Crippen LogP contribution in [0.3, 0.4) is 0 Å². The third-order valence-corrected chi connectivity index (χ3v) is 1.96. The molecule has 0 saturated carbocycles. The summed E-state index contributed by atoms with van der Waals surface area (Å²) in [4.78, 5) is 11.3. The van der Waals surface area contributed by atoms with Gasteiger partial charge in [0.05, 0.1) is 19.8 Å². The van der Waals surface area contributed by atoms with Crippen LogP contribution in [-0.4, -0.2) is 28.0 Å². The molecule has 0 amide bonds. The fourth-order valence-electron chi connectivity index (χ4n) is 1.28. The van der Waals surface area contributed by atoms with Gasteiger partial charge in [-0.1, -0.05) is 5.46 Å². The molecule has 0 aromatic heterocycles. The van der Waals surface area contributed by atoms with Gasteiger partial charge >= 0.3 is 5.97 Å². The Morgan fingerprint density at radius 2 is 2.00 bits per heavy atom. The average molecular weight is 190 g/mol. The molecule has 3 nitrogen and oxygen atoms in total. The summed E-state index contributed by atoms with van der Waals surface area (Å²) in [6.45, 7) is 1.78. The zero-order chi connectivity index (χ0) is 10.7. The maximum atomic E-state index is 11.3. The highest BCUT2D eigenvalue weighted by atomic mass is 16.5. The maximum Gasteiger partial charge on any atom is 0.337 e. The predicted octanol–water partition coefficient (Wildman–Crippen LogP) is 0.584. The first-order valence-electron chi connectivity index (χ1n) is 4.12. The molecule has 2 radical (unpaired) electrons. The first-order valence-corrected chi connectivity index (χ1v) is 4.12. The van der Waals surface area contributed by atoms with Crippen molar-refractivity contribution in [2.75, 3.05) is 14.2 Å². The average Bonchev–Trinajstić information content (AvgIpc) is 2.16. The molecule has 0 bridgehead atoms. The number of esters is 1. The number of ether oxygens (including phenoxy) is 2. The van der Waals surface area contributed by atoms with Crippen LogP contribution in [-0.2, 0) is 4.74 Å². The molecule has 0 spiro atoms. The Morgan fingerprint density at radius 3 is 2.43 bits per heavy atom. The van der Waals surface area contributed by atoms with Gasteiger partial charge in [0, 0.05) is 0 Å². The highest BCUT2D eigenvalue weighted by Crippen LogP contribution is 2.15. The largest absolute Gasteiger partial charge is 0.497 e. The van der Waals surface area contributed by atoms with E-state index in [0.29, 0.717) is 16.8 Å². The van der Waals surface area contributed by atoms with E-state index in [1.807, 2.05) is 0 Å². The van der Waals surface area contributed by atoms with Gasteiger partial charge in [0.2, 0.25) is 0 Å². The smallest absolute Gasteiger partial charge is 0.337 e. The lowest BCUT2D eigenvalue weighted by atomic mass is 9.87. The van der Waals surface area contributed by atoms with E-state index in [0.717, 1.165) is 5.56 Å².